The van der Waals surface area contributed by atoms with Gasteiger partial charge >= 0.3 is 0 Å². The Morgan fingerprint density at radius 2 is 1.75 bits per heavy atom. The summed E-state index contributed by atoms with van der Waals surface area (Å²) < 4.78 is 0. The predicted octanol–water partition coefficient (Wildman–Crippen LogP) is 3.01. The SMILES string of the molecule is CC1(C)CN(C2CCCCCC2)CCC1=O. The average molecular weight is 223 g/mol. The number of carbonyl (C=O) groups is 1. The maximum atomic E-state index is 11.8. The van der Waals surface area contributed by atoms with Crippen LogP contribution in [0.5, 0.6) is 0 Å². The van der Waals surface area contributed by atoms with Crippen molar-refractivity contribution in [3.8, 4) is 0 Å². The van der Waals surface area contributed by atoms with Gasteiger partial charge in [-0.2, -0.15) is 0 Å². The van der Waals surface area contributed by atoms with E-state index in [1.807, 2.05) is 0 Å². The second kappa shape index (κ2) is 4.87. The Balaban J connectivity index is 1.96. The number of likely N-dealkylation sites (tertiary alicyclic amines) is 1. The minimum absolute atomic E-state index is 0.107. The number of Topliss-reactive ketones (excluding diaryl/α,β-unsaturated/α-hetero) is 1. The third kappa shape index (κ3) is 2.65. The molecule has 2 fully saturated rings. The van der Waals surface area contributed by atoms with Crippen LogP contribution in [0.1, 0.15) is 58.8 Å². The van der Waals surface area contributed by atoms with Crippen LogP contribution in [-0.2, 0) is 4.79 Å². The van der Waals surface area contributed by atoms with Crippen molar-refractivity contribution >= 4 is 5.78 Å². The number of nitrogens with zero attached hydrogens (tertiary/aromatic N) is 1. The van der Waals surface area contributed by atoms with Crippen LogP contribution in [0.15, 0.2) is 0 Å². The van der Waals surface area contributed by atoms with E-state index in [2.05, 4.69) is 18.7 Å². The minimum atomic E-state index is -0.107. The molecular weight excluding hydrogens is 198 g/mol. The van der Waals surface area contributed by atoms with Gasteiger partial charge < -0.3 is 0 Å². The van der Waals surface area contributed by atoms with E-state index in [1.165, 1.54) is 38.5 Å². The first kappa shape index (κ1) is 12.1. The molecule has 1 saturated carbocycles. The Kier molecular flexibility index (Phi) is 3.68. The van der Waals surface area contributed by atoms with Crippen molar-refractivity contribution in [3.05, 3.63) is 0 Å². The Labute approximate surface area is 99.4 Å². The quantitative estimate of drug-likeness (QED) is 0.637. The van der Waals surface area contributed by atoms with Crippen LogP contribution in [-0.4, -0.2) is 29.8 Å². The van der Waals surface area contributed by atoms with Crippen molar-refractivity contribution in [1.82, 2.24) is 4.90 Å². The maximum absolute atomic E-state index is 11.8. The van der Waals surface area contributed by atoms with E-state index < -0.39 is 0 Å². The summed E-state index contributed by atoms with van der Waals surface area (Å²) in [7, 11) is 0. The molecule has 0 aromatic rings. The summed E-state index contributed by atoms with van der Waals surface area (Å²) in [5.41, 5.74) is -0.107. The van der Waals surface area contributed by atoms with Gasteiger partial charge in [-0.1, -0.05) is 39.5 Å². The first-order chi connectivity index (χ1) is 7.59. The second-order valence-electron chi connectivity index (χ2n) is 6.17. The Morgan fingerprint density at radius 3 is 2.31 bits per heavy atom. The summed E-state index contributed by atoms with van der Waals surface area (Å²) in [4.78, 5) is 14.4. The van der Waals surface area contributed by atoms with E-state index in [4.69, 9.17) is 0 Å². The standard InChI is InChI=1S/C14H25NO/c1-14(2)11-15(10-9-13(14)16)12-7-5-3-4-6-8-12/h12H,3-11H2,1-2H3. The highest BCUT2D eigenvalue weighted by atomic mass is 16.1. The van der Waals surface area contributed by atoms with Crippen molar-refractivity contribution < 1.29 is 4.79 Å². The first-order valence-electron chi connectivity index (χ1n) is 6.87. The number of hydrogen-bond acceptors (Lipinski definition) is 2. The largest absolute Gasteiger partial charge is 0.299 e. The molecule has 2 nitrogen and oxygen atoms in total. The Hall–Kier alpha value is -0.370. The molecule has 0 amide bonds. The fourth-order valence-corrected chi connectivity index (χ4v) is 3.19. The van der Waals surface area contributed by atoms with Gasteiger partial charge in [0.05, 0.1) is 0 Å². The molecule has 1 aliphatic carbocycles. The molecular formula is C14H25NO. The fourth-order valence-electron chi connectivity index (χ4n) is 3.19. The third-order valence-electron chi connectivity index (χ3n) is 4.32. The lowest BCUT2D eigenvalue weighted by molar-refractivity contribution is -0.132. The number of hydrogen-bond donors (Lipinski definition) is 0. The van der Waals surface area contributed by atoms with Gasteiger partial charge in [0.25, 0.3) is 0 Å². The second-order valence-corrected chi connectivity index (χ2v) is 6.17. The highest BCUT2D eigenvalue weighted by Gasteiger charge is 2.36. The van der Waals surface area contributed by atoms with E-state index in [0.29, 0.717) is 5.78 Å². The first-order valence-corrected chi connectivity index (χ1v) is 6.87. The number of carbonyl (C=O) groups excluding carboxylic acids is 1. The van der Waals surface area contributed by atoms with Gasteiger partial charge in [-0.15, -0.1) is 0 Å². The molecule has 0 atom stereocenters. The fraction of sp³-hybridized carbons (Fsp3) is 0.929. The lowest BCUT2D eigenvalue weighted by atomic mass is 9.82. The van der Waals surface area contributed by atoms with Gasteiger partial charge in [-0.05, 0) is 12.8 Å². The van der Waals surface area contributed by atoms with Crippen LogP contribution in [0, 0.1) is 5.41 Å². The smallest absolute Gasteiger partial charge is 0.141 e. The summed E-state index contributed by atoms with van der Waals surface area (Å²) in [5.74, 6) is 0.456. The van der Waals surface area contributed by atoms with Gasteiger partial charge in [-0.25, -0.2) is 0 Å². The molecule has 2 heteroatoms. The van der Waals surface area contributed by atoms with Crippen molar-refractivity contribution in [2.45, 2.75) is 64.8 Å². The molecule has 0 bridgehead atoms. The third-order valence-corrected chi connectivity index (χ3v) is 4.32. The molecule has 0 aromatic carbocycles. The van der Waals surface area contributed by atoms with E-state index in [9.17, 15) is 4.79 Å². The molecule has 0 aromatic heterocycles. The van der Waals surface area contributed by atoms with Crippen molar-refractivity contribution in [1.29, 1.82) is 0 Å². The highest BCUT2D eigenvalue weighted by molar-refractivity contribution is 5.85. The molecule has 1 aliphatic heterocycles. The minimum Gasteiger partial charge on any atom is -0.299 e. The number of ketones is 1. The van der Waals surface area contributed by atoms with E-state index >= 15 is 0 Å². The molecule has 2 rings (SSSR count). The Bertz CT molecular complexity index is 251. The summed E-state index contributed by atoms with van der Waals surface area (Å²) in [6, 6.07) is 0.759. The highest BCUT2D eigenvalue weighted by Crippen LogP contribution is 2.30. The zero-order valence-corrected chi connectivity index (χ0v) is 10.8. The lowest BCUT2D eigenvalue weighted by Gasteiger charge is -2.41. The molecule has 0 spiro atoms. The summed E-state index contributed by atoms with van der Waals surface area (Å²) in [6.07, 6.45) is 9.06. The molecule has 92 valence electrons. The lowest BCUT2D eigenvalue weighted by Crippen LogP contribution is -2.50. The van der Waals surface area contributed by atoms with Crippen LogP contribution < -0.4 is 0 Å². The summed E-state index contributed by atoms with van der Waals surface area (Å²) in [5, 5.41) is 0. The zero-order chi connectivity index (χ0) is 11.6. The van der Waals surface area contributed by atoms with Crippen molar-refractivity contribution in [3.63, 3.8) is 0 Å². The van der Waals surface area contributed by atoms with E-state index in [1.54, 1.807) is 0 Å². The molecule has 0 N–H and O–H groups in total. The molecule has 0 unspecified atom stereocenters. The maximum Gasteiger partial charge on any atom is 0.141 e. The molecule has 0 radical (unpaired) electrons. The van der Waals surface area contributed by atoms with Gasteiger partial charge in [0, 0.05) is 31.0 Å². The predicted molar refractivity (Wildman–Crippen MR) is 66.5 cm³/mol. The summed E-state index contributed by atoms with van der Waals surface area (Å²) in [6.45, 7) is 6.21. The topological polar surface area (TPSA) is 20.3 Å². The monoisotopic (exact) mass is 223 g/mol. The molecule has 1 heterocycles. The van der Waals surface area contributed by atoms with Crippen LogP contribution >= 0.6 is 0 Å². The van der Waals surface area contributed by atoms with Crippen LogP contribution in [0.2, 0.25) is 0 Å². The normalized spacial score (nSPS) is 29.0. The number of piperidine rings is 1. The Morgan fingerprint density at radius 1 is 1.12 bits per heavy atom. The van der Waals surface area contributed by atoms with Gasteiger partial charge in [0.1, 0.15) is 5.78 Å². The zero-order valence-electron chi connectivity index (χ0n) is 10.8. The molecule has 16 heavy (non-hydrogen) atoms. The van der Waals surface area contributed by atoms with Crippen molar-refractivity contribution in [2.24, 2.45) is 5.41 Å². The van der Waals surface area contributed by atoms with Crippen LogP contribution in [0.25, 0.3) is 0 Å². The van der Waals surface area contributed by atoms with Crippen LogP contribution in [0.4, 0.5) is 0 Å². The van der Waals surface area contributed by atoms with Crippen LogP contribution in [0.3, 0.4) is 0 Å². The van der Waals surface area contributed by atoms with E-state index in [-0.39, 0.29) is 5.41 Å². The molecule has 2 aliphatic rings. The molecule has 1 saturated heterocycles. The van der Waals surface area contributed by atoms with Crippen molar-refractivity contribution in [2.75, 3.05) is 13.1 Å². The van der Waals surface area contributed by atoms with E-state index in [0.717, 1.165) is 25.6 Å². The van der Waals surface area contributed by atoms with Gasteiger partial charge in [0.15, 0.2) is 0 Å². The van der Waals surface area contributed by atoms with Gasteiger partial charge in [0.2, 0.25) is 0 Å². The summed E-state index contributed by atoms with van der Waals surface area (Å²) >= 11 is 0. The average Bonchev–Trinajstić information content (AvgIpc) is 2.50. The van der Waals surface area contributed by atoms with Gasteiger partial charge in [-0.3, -0.25) is 9.69 Å². The number of rotatable bonds is 1.